The molecule has 0 saturated heterocycles. The lowest BCUT2D eigenvalue weighted by Crippen LogP contribution is -2.25. The summed E-state index contributed by atoms with van der Waals surface area (Å²) in [6, 6.07) is 6.10. The molecule has 1 aromatic carbocycles. The zero-order valence-electron chi connectivity index (χ0n) is 15.5. The number of benzene rings is 1. The summed E-state index contributed by atoms with van der Waals surface area (Å²) in [7, 11) is 0. The summed E-state index contributed by atoms with van der Waals surface area (Å²) in [5.41, 5.74) is 3.55. The predicted molar refractivity (Wildman–Crippen MR) is 96.8 cm³/mol. The van der Waals surface area contributed by atoms with Gasteiger partial charge in [-0.3, -0.25) is 4.79 Å². The van der Waals surface area contributed by atoms with Crippen LogP contribution in [0, 0.1) is 25.2 Å². The molecular weight excluding hydrogens is 384 g/mol. The number of carbonyl (C=O) groups excluding carboxylic acids is 1. The monoisotopic (exact) mass is 399 g/mol. The molecule has 0 fully saturated rings. The number of aromatic nitrogens is 3. The van der Waals surface area contributed by atoms with Crippen molar-refractivity contribution in [3.05, 3.63) is 46.9 Å². The number of nitrogens with one attached hydrogen (secondary N) is 1. The lowest BCUT2D eigenvalue weighted by atomic mass is 10.1. The second kappa shape index (κ2) is 6.70. The summed E-state index contributed by atoms with van der Waals surface area (Å²) in [6.45, 7) is 3.66. The van der Waals surface area contributed by atoms with Gasteiger partial charge in [0.25, 0.3) is 0 Å². The van der Waals surface area contributed by atoms with Crippen LogP contribution < -0.4 is 14.8 Å². The van der Waals surface area contributed by atoms with Gasteiger partial charge in [-0.2, -0.15) is 10.4 Å². The maximum absolute atomic E-state index is 13.1. The average Bonchev–Trinajstić information content (AvgIpc) is 3.19. The number of hydrogen-bond donors (Lipinski definition) is 1. The number of hydrogen-bond acceptors (Lipinski definition) is 6. The third-order valence-corrected chi connectivity index (χ3v) is 4.62. The van der Waals surface area contributed by atoms with E-state index in [9.17, 15) is 13.6 Å². The number of halogens is 2. The van der Waals surface area contributed by atoms with Crippen molar-refractivity contribution in [2.75, 3.05) is 5.32 Å². The molecule has 3 heterocycles. The van der Waals surface area contributed by atoms with Gasteiger partial charge in [0, 0.05) is 29.6 Å². The average molecular weight is 399 g/mol. The second-order valence-corrected chi connectivity index (χ2v) is 6.54. The zero-order chi connectivity index (χ0) is 20.8. The van der Waals surface area contributed by atoms with Gasteiger partial charge in [-0.15, -0.1) is 8.78 Å². The highest BCUT2D eigenvalue weighted by Gasteiger charge is 2.43. The molecule has 3 aromatic rings. The molecule has 1 N–H and O–H groups in total. The lowest BCUT2D eigenvalue weighted by molar-refractivity contribution is -0.286. The Hall–Kier alpha value is -3.74. The molecule has 0 unspecified atom stereocenters. The van der Waals surface area contributed by atoms with Crippen molar-refractivity contribution in [1.29, 1.82) is 5.26 Å². The highest BCUT2D eigenvalue weighted by molar-refractivity contribution is 5.91. The molecule has 0 aliphatic carbocycles. The largest absolute Gasteiger partial charge is 0.586 e. The molecule has 8 nitrogen and oxygen atoms in total. The van der Waals surface area contributed by atoms with Crippen LogP contribution >= 0.6 is 0 Å². The van der Waals surface area contributed by atoms with Crippen molar-refractivity contribution >= 4 is 17.2 Å². The summed E-state index contributed by atoms with van der Waals surface area (Å²) in [5.74, 6) is -0.525. The Labute approximate surface area is 163 Å². The third-order valence-electron chi connectivity index (χ3n) is 4.62. The second-order valence-electron chi connectivity index (χ2n) is 6.54. The molecule has 4 rings (SSSR count). The first kappa shape index (κ1) is 18.6. The Balaban J connectivity index is 1.46. The molecule has 2 aromatic heterocycles. The maximum atomic E-state index is 13.1. The van der Waals surface area contributed by atoms with Crippen molar-refractivity contribution in [2.45, 2.75) is 33.0 Å². The first-order chi connectivity index (χ1) is 13.8. The van der Waals surface area contributed by atoms with Crippen LogP contribution in [0.5, 0.6) is 11.5 Å². The molecule has 148 valence electrons. The number of carbonyl (C=O) groups is 1. The van der Waals surface area contributed by atoms with Crippen LogP contribution in [0.1, 0.15) is 28.9 Å². The maximum Gasteiger partial charge on any atom is 0.586 e. The molecule has 0 saturated carbocycles. The Morgan fingerprint density at radius 3 is 2.83 bits per heavy atom. The van der Waals surface area contributed by atoms with E-state index in [0.717, 1.165) is 11.3 Å². The molecule has 0 spiro atoms. The number of nitriles is 1. The molecular formula is C19H15F2N5O3. The van der Waals surface area contributed by atoms with Gasteiger partial charge in [-0.1, -0.05) is 0 Å². The fourth-order valence-electron chi connectivity index (χ4n) is 3.24. The van der Waals surface area contributed by atoms with E-state index in [0.29, 0.717) is 29.0 Å². The summed E-state index contributed by atoms with van der Waals surface area (Å²) in [4.78, 5) is 16.8. The Bertz CT molecular complexity index is 1180. The summed E-state index contributed by atoms with van der Waals surface area (Å²) in [5, 5.41) is 16.0. The van der Waals surface area contributed by atoms with Crippen molar-refractivity contribution < 1.29 is 23.0 Å². The van der Waals surface area contributed by atoms with E-state index in [-0.39, 0.29) is 23.8 Å². The van der Waals surface area contributed by atoms with Gasteiger partial charge < -0.3 is 14.8 Å². The Kier molecular flexibility index (Phi) is 4.30. The summed E-state index contributed by atoms with van der Waals surface area (Å²) in [6.07, 6.45) is -1.71. The van der Waals surface area contributed by atoms with E-state index in [1.807, 2.05) is 19.9 Å². The molecule has 10 heteroatoms. The van der Waals surface area contributed by atoms with Crippen LogP contribution in [-0.2, 0) is 11.2 Å². The molecule has 0 bridgehead atoms. The fourth-order valence-corrected chi connectivity index (χ4v) is 3.24. The SMILES string of the molecule is Cc1nc2c(C#N)cnn2c(C)c1CCC(=O)Nc1ccc2c(c1)OC(F)(F)O2. The van der Waals surface area contributed by atoms with E-state index in [4.69, 9.17) is 5.26 Å². The number of alkyl halides is 2. The van der Waals surface area contributed by atoms with Crippen molar-refractivity contribution in [1.82, 2.24) is 14.6 Å². The first-order valence-electron chi connectivity index (χ1n) is 8.71. The first-order valence-corrected chi connectivity index (χ1v) is 8.71. The minimum Gasteiger partial charge on any atom is -0.395 e. The number of aryl methyl sites for hydroxylation is 2. The van der Waals surface area contributed by atoms with Crippen LogP contribution in [-0.4, -0.2) is 26.8 Å². The normalized spacial score (nSPS) is 14.0. The number of amides is 1. The fraction of sp³-hybridized carbons (Fsp3) is 0.263. The smallest absolute Gasteiger partial charge is 0.395 e. The molecule has 0 atom stereocenters. The quantitative estimate of drug-likeness (QED) is 0.723. The number of ether oxygens (including phenoxy) is 2. The van der Waals surface area contributed by atoms with Crippen LogP contribution in [0.3, 0.4) is 0 Å². The van der Waals surface area contributed by atoms with Crippen molar-refractivity contribution in [2.24, 2.45) is 0 Å². The Morgan fingerprint density at radius 2 is 2.07 bits per heavy atom. The van der Waals surface area contributed by atoms with Gasteiger partial charge in [0.1, 0.15) is 11.6 Å². The number of anilines is 1. The minimum atomic E-state index is -3.70. The van der Waals surface area contributed by atoms with Gasteiger partial charge >= 0.3 is 6.29 Å². The highest BCUT2D eigenvalue weighted by atomic mass is 19.3. The molecule has 1 aliphatic heterocycles. The van der Waals surface area contributed by atoms with Gasteiger partial charge in [-0.25, -0.2) is 9.50 Å². The Morgan fingerprint density at radius 1 is 1.31 bits per heavy atom. The van der Waals surface area contributed by atoms with Gasteiger partial charge in [-0.05, 0) is 38.0 Å². The zero-order valence-corrected chi connectivity index (χ0v) is 15.5. The van der Waals surface area contributed by atoms with Crippen molar-refractivity contribution in [3.63, 3.8) is 0 Å². The number of nitrogens with zero attached hydrogens (tertiary/aromatic N) is 4. The van der Waals surface area contributed by atoms with Gasteiger partial charge in [0.15, 0.2) is 17.1 Å². The summed E-state index contributed by atoms with van der Waals surface area (Å²) >= 11 is 0. The topological polar surface area (TPSA) is 102 Å². The number of rotatable bonds is 4. The van der Waals surface area contributed by atoms with E-state index < -0.39 is 6.29 Å². The molecule has 29 heavy (non-hydrogen) atoms. The van der Waals surface area contributed by atoms with Gasteiger partial charge in [0.05, 0.1) is 6.20 Å². The molecule has 1 aliphatic rings. The number of fused-ring (bicyclic) bond motifs is 2. The third kappa shape index (κ3) is 3.42. The minimum absolute atomic E-state index is 0.0883. The molecule has 0 radical (unpaired) electrons. The predicted octanol–water partition coefficient (Wildman–Crippen LogP) is 3.11. The standard InChI is InChI=1S/C19H15F2N5O3/c1-10-14(11(2)26-18(24-10)12(8-22)9-23-26)4-6-17(27)25-13-3-5-15-16(7-13)29-19(20,21)28-15/h3,5,7,9H,4,6H2,1-2H3,(H,25,27). The van der Waals surface area contributed by atoms with E-state index in [1.165, 1.54) is 24.4 Å². The highest BCUT2D eigenvalue weighted by Crippen LogP contribution is 2.42. The molecule has 1 amide bonds. The van der Waals surface area contributed by atoms with Gasteiger partial charge in [0.2, 0.25) is 5.91 Å². The summed E-state index contributed by atoms with van der Waals surface area (Å²) < 4.78 is 36.5. The van der Waals surface area contributed by atoms with Crippen LogP contribution in [0.2, 0.25) is 0 Å². The van der Waals surface area contributed by atoms with E-state index in [1.54, 1.807) is 4.52 Å². The van der Waals surface area contributed by atoms with Crippen LogP contribution in [0.4, 0.5) is 14.5 Å². The van der Waals surface area contributed by atoms with Crippen LogP contribution in [0.15, 0.2) is 24.4 Å². The lowest BCUT2D eigenvalue weighted by Gasteiger charge is -2.11. The van der Waals surface area contributed by atoms with Crippen LogP contribution in [0.25, 0.3) is 5.65 Å². The van der Waals surface area contributed by atoms with E-state index in [2.05, 4.69) is 24.9 Å². The van der Waals surface area contributed by atoms with E-state index >= 15 is 0 Å². The van der Waals surface area contributed by atoms with Crippen molar-refractivity contribution in [3.8, 4) is 17.6 Å².